The van der Waals surface area contributed by atoms with Crippen molar-refractivity contribution in [1.29, 1.82) is 0 Å². The maximum atomic E-state index is 11.9. The maximum Gasteiger partial charge on any atom is 0.319 e. The summed E-state index contributed by atoms with van der Waals surface area (Å²) in [6.45, 7) is 7.77. The first-order valence-electron chi connectivity index (χ1n) is 8.54. The summed E-state index contributed by atoms with van der Waals surface area (Å²) in [7, 11) is 3.66. The van der Waals surface area contributed by atoms with Gasteiger partial charge in [0.05, 0.1) is 0 Å². The van der Waals surface area contributed by atoms with Gasteiger partial charge in [0.2, 0.25) is 0 Å². The molecular formula is C16H32N4O. The van der Waals surface area contributed by atoms with Gasteiger partial charge in [-0.1, -0.05) is 6.92 Å². The van der Waals surface area contributed by atoms with E-state index >= 15 is 0 Å². The van der Waals surface area contributed by atoms with Gasteiger partial charge in [0.25, 0.3) is 0 Å². The number of hydrogen-bond acceptors (Lipinski definition) is 3. The normalized spacial score (nSPS) is 22.5. The lowest BCUT2D eigenvalue weighted by Gasteiger charge is -2.38. The Morgan fingerprint density at radius 3 is 2.05 bits per heavy atom. The van der Waals surface area contributed by atoms with E-state index in [1.807, 2.05) is 19.0 Å². The lowest BCUT2D eigenvalue weighted by molar-refractivity contribution is 0.143. The molecule has 0 spiro atoms. The lowest BCUT2D eigenvalue weighted by atomic mass is 9.99. The van der Waals surface area contributed by atoms with Crippen molar-refractivity contribution in [3.63, 3.8) is 0 Å². The zero-order chi connectivity index (χ0) is 15.2. The van der Waals surface area contributed by atoms with Crippen LogP contribution in [0.25, 0.3) is 0 Å². The zero-order valence-electron chi connectivity index (χ0n) is 14.0. The van der Waals surface area contributed by atoms with E-state index in [-0.39, 0.29) is 6.03 Å². The molecule has 122 valence electrons. The van der Waals surface area contributed by atoms with Gasteiger partial charge >= 0.3 is 6.03 Å². The van der Waals surface area contributed by atoms with E-state index in [1.54, 1.807) is 4.90 Å². The first kappa shape index (κ1) is 16.6. The second-order valence-electron chi connectivity index (χ2n) is 6.72. The highest BCUT2D eigenvalue weighted by molar-refractivity contribution is 5.73. The summed E-state index contributed by atoms with van der Waals surface area (Å²) >= 11 is 0. The van der Waals surface area contributed by atoms with Crippen LogP contribution in [0.2, 0.25) is 0 Å². The van der Waals surface area contributed by atoms with Crippen LogP contribution in [0, 0.1) is 0 Å². The molecule has 0 aromatic rings. The van der Waals surface area contributed by atoms with Gasteiger partial charge in [-0.25, -0.2) is 4.79 Å². The van der Waals surface area contributed by atoms with Crippen molar-refractivity contribution in [2.75, 3.05) is 46.8 Å². The summed E-state index contributed by atoms with van der Waals surface area (Å²) in [5.41, 5.74) is 0. The van der Waals surface area contributed by atoms with Crippen molar-refractivity contribution in [3.05, 3.63) is 0 Å². The van der Waals surface area contributed by atoms with Crippen molar-refractivity contribution in [3.8, 4) is 0 Å². The molecule has 2 rings (SSSR count). The summed E-state index contributed by atoms with van der Waals surface area (Å²) in [6, 6.07) is 1.43. The molecule has 21 heavy (non-hydrogen) atoms. The maximum absolute atomic E-state index is 11.9. The van der Waals surface area contributed by atoms with Gasteiger partial charge in [-0.3, -0.25) is 0 Å². The molecule has 0 aliphatic carbocycles. The number of likely N-dealkylation sites (tertiary alicyclic amines) is 2. The molecule has 0 unspecified atom stereocenters. The molecule has 0 bridgehead atoms. The Kier molecular flexibility index (Phi) is 6.30. The molecule has 0 radical (unpaired) electrons. The molecule has 2 saturated heterocycles. The summed E-state index contributed by atoms with van der Waals surface area (Å²) in [4.78, 5) is 18.2. The zero-order valence-corrected chi connectivity index (χ0v) is 14.0. The van der Waals surface area contributed by atoms with Crippen LogP contribution in [-0.4, -0.2) is 79.6 Å². The minimum Gasteiger partial charge on any atom is -0.331 e. The molecule has 0 atom stereocenters. The van der Waals surface area contributed by atoms with Crippen molar-refractivity contribution in [2.45, 2.75) is 51.1 Å². The molecule has 2 aliphatic rings. The topological polar surface area (TPSA) is 38.8 Å². The average molecular weight is 296 g/mol. The highest BCUT2D eigenvalue weighted by Crippen LogP contribution is 2.16. The van der Waals surface area contributed by atoms with Gasteiger partial charge in [0.15, 0.2) is 0 Å². The number of amides is 2. The molecule has 2 heterocycles. The minimum absolute atomic E-state index is 0.154. The van der Waals surface area contributed by atoms with Gasteiger partial charge in [-0.15, -0.1) is 0 Å². The third kappa shape index (κ3) is 4.85. The van der Waals surface area contributed by atoms with Crippen molar-refractivity contribution >= 4 is 6.03 Å². The Bertz CT molecular complexity index is 318. The number of piperidine rings is 2. The summed E-state index contributed by atoms with van der Waals surface area (Å²) in [5, 5.41) is 3.83. The predicted molar refractivity (Wildman–Crippen MR) is 86.6 cm³/mol. The quantitative estimate of drug-likeness (QED) is 0.856. The van der Waals surface area contributed by atoms with Crippen LogP contribution in [0.4, 0.5) is 4.79 Å². The SMILES string of the molecule is CCCN1CCC(NC2CCN(C(=O)N(C)C)CC2)CC1. The number of nitrogens with zero attached hydrogens (tertiary/aromatic N) is 3. The standard InChI is InChI=1S/C16H32N4O/c1-4-9-19-10-5-14(6-11-19)17-15-7-12-20(13-8-15)16(21)18(2)3/h14-15,17H,4-13H2,1-3H3. The van der Waals surface area contributed by atoms with Gasteiger partial charge in [0.1, 0.15) is 0 Å². The van der Waals surface area contributed by atoms with Gasteiger partial charge < -0.3 is 20.0 Å². The number of hydrogen-bond donors (Lipinski definition) is 1. The van der Waals surface area contributed by atoms with E-state index in [0.29, 0.717) is 12.1 Å². The third-order valence-electron chi connectivity index (χ3n) is 4.75. The van der Waals surface area contributed by atoms with E-state index in [0.717, 1.165) is 25.9 Å². The molecule has 5 nitrogen and oxygen atoms in total. The first-order chi connectivity index (χ1) is 10.1. The molecular weight excluding hydrogens is 264 g/mol. The third-order valence-corrected chi connectivity index (χ3v) is 4.75. The number of carbonyl (C=O) groups excluding carboxylic acids is 1. The molecule has 1 N–H and O–H groups in total. The summed E-state index contributed by atoms with van der Waals surface area (Å²) in [5.74, 6) is 0. The van der Waals surface area contributed by atoms with Crippen LogP contribution in [0.3, 0.4) is 0 Å². The van der Waals surface area contributed by atoms with Crippen LogP contribution in [0.1, 0.15) is 39.0 Å². The van der Waals surface area contributed by atoms with Gasteiger partial charge in [0, 0.05) is 39.3 Å². The summed E-state index contributed by atoms with van der Waals surface area (Å²) < 4.78 is 0. The van der Waals surface area contributed by atoms with E-state index in [1.165, 1.54) is 38.9 Å². The first-order valence-corrected chi connectivity index (χ1v) is 8.54. The predicted octanol–water partition coefficient (Wildman–Crippen LogP) is 1.60. The van der Waals surface area contributed by atoms with Gasteiger partial charge in [-0.05, 0) is 51.7 Å². The van der Waals surface area contributed by atoms with E-state index in [9.17, 15) is 4.79 Å². The van der Waals surface area contributed by atoms with E-state index in [4.69, 9.17) is 0 Å². The molecule has 0 aromatic heterocycles. The molecule has 2 aliphatic heterocycles. The second kappa shape index (κ2) is 7.99. The number of urea groups is 1. The Morgan fingerprint density at radius 1 is 1.05 bits per heavy atom. The fourth-order valence-electron chi connectivity index (χ4n) is 3.49. The van der Waals surface area contributed by atoms with Gasteiger partial charge in [-0.2, -0.15) is 0 Å². The molecule has 2 amide bonds. The number of nitrogens with one attached hydrogen (secondary N) is 1. The highest BCUT2D eigenvalue weighted by atomic mass is 16.2. The van der Waals surface area contributed by atoms with E-state index < -0.39 is 0 Å². The van der Waals surface area contributed by atoms with Crippen LogP contribution < -0.4 is 5.32 Å². The second-order valence-corrected chi connectivity index (χ2v) is 6.72. The Morgan fingerprint density at radius 2 is 1.57 bits per heavy atom. The Labute approximate surface area is 129 Å². The van der Waals surface area contributed by atoms with Crippen LogP contribution >= 0.6 is 0 Å². The molecule has 0 aromatic carbocycles. The number of rotatable bonds is 4. The van der Waals surface area contributed by atoms with Crippen molar-refractivity contribution in [1.82, 2.24) is 20.0 Å². The van der Waals surface area contributed by atoms with Crippen molar-refractivity contribution in [2.24, 2.45) is 0 Å². The fourth-order valence-corrected chi connectivity index (χ4v) is 3.49. The van der Waals surface area contributed by atoms with Crippen LogP contribution in [0.5, 0.6) is 0 Å². The molecule has 2 fully saturated rings. The minimum atomic E-state index is 0.154. The number of carbonyl (C=O) groups is 1. The monoisotopic (exact) mass is 296 g/mol. The summed E-state index contributed by atoms with van der Waals surface area (Å²) in [6.07, 6.45) is 5.99. The largest absolute Gasteiger partial charge is 0.331 e. The van der Waals surface area contributed by atoms with Crippen LogP contribution in [-0.2, 0) is 0 Å². The molecule has 0 saturated carbocycles. The van der Waals surface area contributed by atoms with E-state index in [2.05, 4.69) is 17.1 Å². The molecule has 5 heteroatoms. The fraction of sp³-hybridized carbons (Fsp3) is 0.938. The smallest absolute Gasteiger partial charge is 0.319 e. The Balaban J connectivity index is 1.66. The average Bonchev–Trinajstić information content (AvgIpc) is 2.49. The highest BCUT2D eigenvalue weighted by Gasteiger charge is 2.26. The Hall–Kier alpha value is -0.810. The van der Waals surface area contributed by atoms with Crippen molar-refractivity contribution < 1.29 is 4.79 Å². The lowest BCUT2D eigenvalue weighted by Crippen LogP contribution is -2.52. The van der Waals surface area contributed by atoms with Crippen LogP contribution in [0.15, 0.2) is 0 Å².